The largest absolute Gasteiger partial charge is 0.397 e. The van der Waals surface area contributed by atoms with Crippen LogP contribution in [0.25, 0.3) is 0 Å². The Balaban J connectivity index is 2.34. The molecule has 0 aliphatic carbocycles. The molecule has 0 spiro atoms. The van der Waals surface area contributed by atoms with Gasteiger partial charge in [-0.05, 0) is 53.0 Å². The Morgan fingerprint density at radius 1 is 1.29 bits per heavy atom. The molecule has 0 unspecified atom stereocenters. The molecule has 1 aromatic carbocycles. The van der Waals surface area contributed by atoms with Crippen LogP contribution >= 0.6 is 15.9 Å². The van der Waals surface area contributed by atoms with Crippen molar-refractivity contribution in [2.75, 3.05) is 11.1 Å². The summed E-state index contributed by atoms with van der Waals surface area (Å²) in [5, 5.41) is 3.27. The number of nitrogens with one attached hydrogen (secondary N) is 1. The molecule has 2 rings (SSSR count). The van der Waals surface area contributed by atoms with Gasteiger partial charge in [-0.15, -0.1) is 0 Å². The van der Waals surface area contributed by atoms with Crippen LogP contribution in [-0.4, -0.2) is 4.98 Å². The first kappa shape index (κ1) is 11.9. The van der Waals surface area contributed by atoms with E-state index in [0.29, 0.717) is 5.69 Å². The SMILES string of the molecule is Cc1cccc(Nc2ncc(N)c(C)c2Br)c1. The van der Waals surface area contributed by atoms with Gasteiger partial charge in [-0.1, -0.05) is 12.1 Å². The number of hydrogen-bond acceptors (Lipinski definition) is 3. The summed E-state index contributed by atoms with van der Waals surface area (Å²) in [6.45, 7) is 4.02. The Hall–Kier alpha value is -1.55. The van der Waals surface area contributed by atoms with Crippen LogP contribution in [0.5, 0.6) is 0 Å². The second-order valence-electron chi connectivity index (χ2n) is 4.00. The van der Waals surface area contributed by atoms with E-state index in [4.69, 9.17) is 5.73 Å². The summed E-state index contributed by atoms with van der Waals surface area (Å²) in [5.74, 6) is 0.780. The molecule has 88 valence electrons. The van der Waals surface area contributed by atoms with Crippen molar-refractivity contribution >= 4 is 33.1 Å². The number of pyridine rings is 1. The topological polar surface area (TPSA) is 50.9 Å². The lowest BCUT2D eigenvalue weighted by Gasteiger charge is -2.11. The van der Waals surface area contributed by atoms with Crippen molar-refractivity contribution in [1.82, 2.24) is 4.98 Å². The molecular weight excluding hydrogens is 278 g/mol. The lowest BCUT2D eigenvalue weighted by Crippen LogP contribution is -1.99. The van der Waals surface area contributed by atoms with Crippen molar-refractivity contribution in [2.24, 2.45) is 0 Å². The third-order valence-electron chi connectivity index (χ3n) is 2.58. The van der Waals surface area contributed by atoms with E-state index in [1.807, 2.05) is 19.1 Å². The molecule has 0 radical (unpaired) electrons. The van der Waals surface area contributed by atoms with Crippen LogP contribution in [-0.2, 0) is 0 Å². The fourth-order valence-electron chi connectivity index (χ4n) is 1.54. The first-order valence-electron chi connectivity index (χ1n) is 5.32. The van der Waals surface area contributed by atoms with Gasteiger partial charge in [0.2, 0.25) is 0 Å². The van der Waals surface area contributed by atoms with Crippen LogP contribution in [0, 0.1) is 13.8 Å². The van der Waals surface area contributed by atoms with Crippen molar-refractivity contribution in [3.63, 3.8) is 0 Å². The van der Waals surface area contributed by atoms with E-state index in [1.165, 1.54) is 5.56 Å². The predicted molar refractivity (Wildman–Crippen MR) is 75.5 cm³/mol. The highest BCUT2D eigenvalue weighted by atomic mass is 79.9. The van der Waals surface area contributed by atoms with E-state index >= 15 is 0 Å². The molecule has 1 aromatic heterocycles. The average Bonchev–Trinajstić information content (AvgIpc) is 2.30. The summed E-state index contributed by atoms with van der Waals surface area (Å²) in [5.41, 5.74) is 9.69. The molecular formula is C13H14BrN3. The summed E-state index contributed by atoms with van der Waals surface area (Å²) in [4.78, 5) is 4.28. The van der Waals surface area contributed by atoms with Crippen LogP contribution in [0.4, 0.5) is 17.2 Å². The third kappa shape index (κ3) is 2.58. The minimum absolute atomic E-state index is 0.687. The molecule has 0 bridgehead atoms. The van der Waals surface area contributed by atoms with Crippen molar-refractivity contribution in [3.05, 3.63) is 46.1 Å². The molecule has 3 N–H and O–H groups in total. The highest BCUT2D eigenvalue weighted by molar-refractivity contribution is 9.10. The highest BCUT2D eigenvalue weighted by Crippen LogP contribution is 2.29. The van der Waals surface area contributed by atoms with Gasteiger partial charge in [-0.3, -0.25) is 0 Å². The van der Waals surface area contributed by atoms with Gasteiger partial charge in [0.05, 0.1) is 16.4 Å². The van der Waals surface area contributed by atoms with Crippen LogP contribution in [0.15, 0.2) is 34.9 Å². The summed E-state index contributed by atoms with van der Waals surface area (Å²) >= 11 is 3.50. The van der Waals surface area contributed by atoms with Gasteiger partial charge < -0.3 is 11.1 Å². The summed E-state index contributed by atoms with van der Waals surface area (Å²) in [6, 6.07) is 8.14. The average molecular weight is 292 g/mol. The molecule has 0 aliphatic rings. The Bertz CT molecular complexity index is 552. The zero-order valence-electron chi connectivity index (χ0n) is 9.79. The fraction of sp³-hybridized carbons (Fsp3) is 0.154. The van der Waals surface area contributed by atoms with Crippen molar-refractivity contribution in [1.29, 1.82) is 0 Å². The maximum absolute atomic E-state index is 5.79. The quantitative estimate of drug-likeness (QED) is 0.885. The molecule has 0 saturated carbocycles. The molecule has 0 atom stereocenters. The molecule has 2 aromatic rings. The Labute approximate surface area is 109 Å². The molecule has 0 aliphatic heterocycles. The van der Waals surface area contributed by atoms with Gasteiger partial charge in [-0.2, -0.15) is 0 Å². The van der Waals surface area contributed by atoms with E-state index in [1.54, 1.807) is 6.20 Å². The Kier molecular flexibility index (Phi) is 3.33. The lowest BCUT2D eigenvalue weighted by molar-refractivity contribution is 1.25. The second kappa shape index (κ2) is 4.75. The van der Waals surface area contributed by atoms with Gasteiger partial charge in [0, 0.05) is 5.69 Å². The van der Waals surface area contributed by atoms with Crippen LogP contribution in [0.1, 0.15) is 11.1 Å². The number of halogens is 1. The number of benzene rings is 1. The van der Waals surface area contributed by atoms with Gasteiger partial charge in [0.1, 0.15) is 5.82 Å². The van der Waals surface area contributed by atoms with E-state index in [2.05, 4.69) is 45.3 Å². The number of nitrogen functional groups attached to an aromatic ring is 1. The van der Waals surface area contributed by atoms with Crippen LogP contribution in [0.3, 0.4) is 0 Å². The Morgan fingerprint density at radius 2 is 2.06 bits per heavy atom. The van der Waals surface area contributed by atoms with Crippen molar-refractivity contribution in [3.8, 4) is 0 Å². The van der Waals surface area contributed by atoms with Gasteiger partial charge >= 0.3 is 0 Å². The number of nitrogens with zero attached hydrogens (tertiary/aromatic N) is 1. The first-order valence-corrected chi connectivity index (χ1v) is 6.11. The molecule has 0 fully saturated rings. The van der Waals surface area contributed by atoms with E-state index in [0.717, 1.165) is 21.5 Å². The van der Waals surface area contributed by atoms with Crippen molar-refractivity contribution in [2.45, 2.75) is 13.8 Å². The van der Waals surface area contributed by atoms with E-state index < -0.39 is 0 Å². The van der Waals surface area contributed by atoms with E-state index in [9.17, 15) is 0 Å². The maximum atomic E-state index is 5.79. The van der Waals surface area contributed by atoms with Gasteiger partial charge in [0.15, 0.2) is 0 Å². The smallest absolute Gasteiger partial charge is 0.145 e. The predicted octanol–water partition coefficient (Wildman–Crippen LogP) is 3.79. The second-order valence-corrected chi connectivity index (χ2v) is 4.79. The van der Waals surface area contributed by atoms with Gasteiger partial charge in [0.25, 0.3) is 0 Å². The van der Waals surface area contributed by atoms with E-state index in [-0.39, 0.29) is 0 Å². The number of anilines is 3. The summed E-state index contributed by atoms with van der Waals surface area (Å²) in [7, 11) is 0. The van der Waals surface area contributed by atoms with Gasteiger partial charge in [-0.25, -0.2) is 4.98 Å². The lowest BCUT2D eigenvalue weighted by atomic mass is 10.2. The Morgan fingerprint density at radius 3 is 2.76 bits per heavy atom. The molecule has 17 heavy (non-hydrogen) atoms. The summed E-state index contributed by atoms with van der Waals surface area (Å²) in [6.07, 6.45) is 1.66. The van der Waals surface area contributed by atoms with Crippen LogP contribution < -0.4 is 11.1 Å². The van der Waals surface area contributed by atoms with Crippen LogP contribution in [0.2, 0.25) is 0 Å². The first-order chi connectivity index (χ1) is 8.08. The normalized spacial score (nSPS) is 10.3. The zero-order chi connectivity index (χ0) is 12.4. The molecule has 1 heterocycles. The van der Waals surface area contributed by atoms with Crippen molar-refractivity contribution < 1.29 is 0 Å². The molecule has 0 saturated heterocycles. The highest BCUT2D eigenvalue weighted by Gasteiger charge is 2.07. The summed E-state index contributed by atoms with van der Waals surface area (Å²) < 4.78 is 0.902. The number of rotatable bonds is 2. The third-order valence-corrected chi connectivity index (χ3v) is 3.55. The minimum atomic E-state index is 0.687. The maximum Gasteiger partial charge on any atom is 0.145 e. The number of aryl methyl sites for hydroxylation is 1. The standard InChI is InChI=1S/C13H14BrN3/c1-8-4-3-5-10(6-8)17-13-12(14)9(2)11(15)7-16-13/h3-7H,15H2,1-2H3,(H,16,17). The number of hydrogen-bond donors (Lipinski definition) is 2. The minimum Gasteiger partial charge on any atom is -0.397 e. The number of nitrogens with two attached hydrogens (primary N) is 1. The molecule has 0 amide bonds. The fourth-order valence-corrected chi connectivity index (χ4v) is 1.97. The molecule has 3 nitrogen and oxygen atoms in total. The zero-order valence-corrected chi connectivity index (χ0v) is 11.4. The number of aromatic nitrogens is 1. The molecule has 4 heteroatoms. The monoisotopic (exact) mass is 291 g/mol.